The number of carboxylic acid groups (broad SMARTS) is 1. The van der Waals surface area contributed by atoms with Gasteiger partial charge in [-0.2, -0.15) is 0 Å². The molecule has 3 aromatic carbocycles. The Kier molecular flexibility index (Phi) is 5.19. The lowest BCUT2D eigenvalue weighted by Crippen LogP contribution is -2.34. The highest BCUT2D eigenvalue weighted by atomic mass is 32.1. The van der Waals surface area contributed by atoms with E-state index in [4.69, 9.17) is 0 Å². The van der Waals surface area contributed by atoms with Crippen molar-refractivity contribution in [2.45, 2.75) is 10.3 Å². The van der Waals surface area contributed by atoms with Crippen LogP contribution in [0, 0.1) is 0 Å². The molecular formula is C25H19NO2S. The summed E-state index contributed by atoms with van der Waals surface area (Å²) in [5.74, 6) is -1.05. The highest BCUT2D eigenvalue weighted by Crippen LogP contribution is 2.46. The first-order valence-electron chi connectivity index (χ1n) is 9.24. The largest absolute Gasteiger partial charge is 0.478 e. The molecule has 4 heteroatoms. The van der Waals surface area contributed by atoms with Crippen LogP contribution in [0.3, 0.4) is 0 Å². The third kappa shape index (κ3) is 3.22. The number of hydrogen-bond acceptors (Lipinski definition) is 3. The first kappa shape index (κ1) is 19.0. The lowest BCUT2D eigenvalue weighted by Gasteiger charge is -2.36. The molecule has 0 bridgehead atoms. The topological polar surface area (TPSA) is 50.2 Å². The Morgan fingerprint density at radius 3 is 1.52 bits per heavy atom. The Balaban J connectivity index is 2.22. The first-order valence-corrected chi connectivity index (χ1v) is 9.68. The smallest absolute Gasteiger partial charge is 0.338 e. The fraction of sp³-hybridized carbons (Fsp3) is 0.0400. The van der Waals surface area contributed by atoms with E-state index in [0.717, 1.165) is 16.7 Å². The number of hydrogen-bond donors (Lipinski definition) is 2. The van der Waals surface area contributed by atoms with Crippen LogP contribution in [0.15, 0.2) is 108 Å². The van der Waals surface area contributed by atoms with Gasteiger partial charge in [-0.1, -0.05) is 91.0 Å². The predicted octanol–water partition coefficient (Wildman–Crippen LogP) is 5.45. The molecule has 0 aliphatic rings. The van der Waals surface area contributed by atoms with Crippen molar-refractivity contribution >= 4 is 18.6 Å². The number of pyridine rings is 1. The van der Waals surface area contributed by atoms with Gasteiger partial charge >= 0.3 is 5.97 Å². The van der Waals surface area contributed by atoms with Crippen LogP contribution in [0.25, 0.3) is 0 Å². The Morgan fingerprint density at radius 2 is 1.14 bits per heavy atom. The van der Waals surface area contributed by atoms with Gasteiger partial charge in [0.15, 0.2) is 0 Å². The van der Waals surface area contributed by atoms with Crippen molar-refractivity contribution in [3.63, 3.8) is 0 Å². The molecule has 0 aliphatic carbocycles. The Hall–Kier alpha value is -3.37. The maximum Gasteiger partial charge on any atom is 0.338 e. The fourth-order valence-corrected chi connectivity index (χ4v) is 4.19. The Labute approximate surface area is 175 Å². The monoisotopic (exact) mass is 397 g/mol. The second kappa shape index (κ2) is 7.94. The number of aromatic nitrogens is 1. The number of carboxylic acids is 1. The lowest BCUT2D eigenvalue weighted by atomic mass is 9.66. The normalized spacial score (nSPS) is 11.2. The average Bonchev–Trinajstić information content (AvgIpc) is 2.76. The zero-order valence-electron chi connectivity index (χ0n) is 15.6. The van der Waals surface area contributed by atoms with Crippen molar-refractivity contribution in [2.75, 3.05) is 0 Å². The number of benzene rings is 3. The third-order valence-corrected chi connectivity index (χ3v) is 5.49. The lowest BCUT2D eigenvalue weighted by molar-refractivity contribution is 0.0690. The van der Waals surface area contributed by atoms with Gasteiger partial charge in [-0.3, -0.25) is 4.98 Å². The maximum atomic E-state index is 12.3. The highest BCUT2D eigenvalue weighted by Gasteiger charge is 2.42. The van der Waals surface area contributed by atoms with Gasteiger partial charge in [-0.15, -0.1) is 12.6 Å². The molecule has 3 nitrogen and oxygen atoms in total. The molecule has 0 fully saturated rings. The highest BCUT2D eigenvalue weighted by molar-refractivity contribution is 7.80. The van der Waals surface area contributed by atoms with E-state index >= 15 is 0 Å². The van der Waals surface area contributed by atoms with Crippen LogP contribution >= 0.6 is 12.6 Å². The first-order chi connectivity index (χ1) is 14.2. The van der Waals surface area contributed by atoms with Gasteiger partial charge < -0.3 is 5.11 Å². The number of nitrogens with zero attached hydrogens (tertiary/aromatic N) is 1. The van der Waals surface area contributed by atoms with Crippen molar-refractivity contribution in [1.82, 2.24) is 4.98 Å². The molecule has 1 aromatic heterocycles. The molecule has 0 unspecified atom stereocenters. The van der Waals surface area contributed by atoms with Crippen molar-refractivity contribution < 1.29 is 9.90 Å². The molecule has 0 aliphatic heterocycles. The average molecular weight is 397 g/mol. The molecule has 1 N–H and O–H groups in total. The van der Waals surface area contributed by atoms with E-state index in [1.165, 1.54) is 0 Å². The Bertz CT molecular complexity index is 1030. The van der Waals surface area contributed by atoms with Crippen LogP contribution in [-0.2, 0) is 5.41 Å². The summed E-state index contributed by atoms with van der Waals surface area (Å²) < 4.78 is 0. The van der Waals surface area contributed by atoms with Crippen LogP contribution < -0.4 is 0 Å². The summed E-state index contributed by atoms with van der Waals surface area (Å²) in [6, 6.07) is 31.3. The number of rotatable bonds is 5. The van der Waals surface area contributed by atoms with E-state index < -0.39 is 11.4 Å². The van der Waals surface area contributed by atoms with Gasteiger partial charge in [0.25, 0.3) is 0 Å². The Morgan fingerprint density at radius 1 is 0.724 bits per heavy atom. The summed E-state index contributed by atoms with van der Waals surface area (Å²) in [5.41, 5.74) is 2.45. The fourth-order valence-electron chi connectivity index (χ4n) is 3.92. The molecule has 0 amide bonds. The molecule has 4 rings (SSSR count). The minimum atomic E-state index is -1.05. The van der Waals surface area contributed by atoms with Gasteiger partial charge in [-0.25, -0.2) is 4.79 Å². The zero-order valence-corrected chi connectivity index (χ0v) is 16.5. The van der Waals surface area contributed by atoms with Crippen molar-refractivity contribution in [2.24, 2.45) is 0 Å². The minimum Gasteiger partial charge on any atom is -0.478 e. The van der Waals surface area contributed by atoms with Crippen LogP contribution in [0.5, 0.6) is 0 Å². The van der Waals surface area contributed by atoms with E-state index in [9.17, 15) is 9.90 Å². The molecule has 0 saturated heterocycles. The summed E-state index contributed by atoms with van der Waals surface area (Å²) in [5, 5.41) is 10.1. The summed E-state index contributed by atoms with van der Waals surface area (Å²) >= 11 is 4.46. The molecule has 0 radical (unpaired) electrons. The van der Waals surface area contributed by atoms with Crippen molar-refractivity contribution in [3.8, 4) is 0 Å². The molecule has 29 heavy (non-hydrogen) atoms. The standard InChI is InChI=1S/C25H19NO2S/c27-24(28)22-21(29)16-17-26-23(22)25(18-10-4-1-5-11-18,19-12-6-2-7-13-19)20-14-8-3-9-15-20/h1-17H,(H,26,29)(H,27,28). The molecule has 0 saturated carbocycles. The summed E-state index contributed by atoms with van der Waals surface area (Å²) in [4.78, 5) is 17.3. The minimum absolute atomic E-state index is 0.104. The van der Waals surface area contributed by atoms with E-state index in [2.05, 4.69) is 17.6 Å². The predicted molar refractivity (Wildman–Crippen MR) is 117 cm³/mol. The van der Waals surface area contributed by atoms with Gasteiger partial charge in [-0.05, 0) is 22.8 Å². The van der Waals surface area contributed by atoms with E-state index in [1.807, 2.05) is 91.0 Å². The third-order valence-electron chi connectivity index (χ3n) is 5.12. The van der Waals surface area contributed by atoms with Crippen molar-refractivity contribution in [1.29, 1.82) is 0 Å². The molecule has 1 heterocycles. The molecule has 0 spiro atoms. The quantitative estimate of drug-likeness (QED) is 0.348. The van der Waals surface area contributed by atoms with Crippen LogP contribution in [0.1, 0.15) is 32.7 Å². The zero-order chi connectivity index (χ0) is 20.3. The van der Waals surface area contributed by atoms with Crippen molar-refractivity contribution in [3.05, 3.63) is 131 Å². The van der Waals surface area contributed by atoms with Gasteiger partial charge in [0.2, 0.25) is 0 Å². The SMILES string of the molecule is O=C(O)c1c(S)ccnc1C(c1ccccc1)(c1ccccc1)c1ccccc1. The van der Waals surface area contributed by atoms with Gasteiger partial charge in [0, 0.05) is 11.1 Å². The van der Waals surface area contributed by atoms with Crippen LogP contribution in [0.2, 0.25) is 0 Å². The summed E-state index contributed by atoms with van der Waals surface area (Å²) in [6.07, 6.45) is 1.62. The molecular weight excluding hydrogens is 378 g/mol. The van der Waals surface area contributed by atoms with Gasteiger partial charge in [0.1, 0.15) is 0 Å². The van der Waals surface area contributed by atoms with E-state index in [-0.39, 0.29) is 5.56 Å². The van der Waals surface area contributed by atoms with E-state index in [1.54, 1.807) is 12.3 Å². The van der Waals surface area contributed by atoms with Gasteiger partial charge in [0.05, 0.1) is 16.7 Å². The summed E-state index contributed by atoms with van der Waals surface area (Å²) in [6.45, 7) is 0. The maximum absolute atomic E-state index is 12.3. The van der Waals surface area contributed by atoms with Crippen LogP contribution in [-0.4, -0.2) is 16.1 Å². The number of aromatic carboxylic acids is 1. The van der Waals surface area contributed by atoms with E-state index in [0.29, 0.717) is 10.6 Å². The summed E-state index contributed by atoms with van der Waals surface area (Å²) in [7, 11) is 0. The second-order valence-electron chi connectivity index (χ2n) is 6.71. The number of thiol groups is 1. The molecule has 0 atom stereocenters. The molecule has 142 valence electrons. The molecule has 4 aromatic rings. The van der Waals surface area contributed by atoms with Crippen LogP contribution in [0.4, 0.5) is 0 Å². The number of carbonyl (C=O) groups is 1. The second-order valence-corrected chi connectivity index (χ2v) is 7.19.